The summed E-state index contributed by atoms with van der Waals surface area (Å²) in [6.07, 6.45) is 0. The van der Waals surface area contributed by atoms with Crippen molar-refractivity contribution in [3.63, 3.8) is 0 Å². The van der Waals surface area contributed by atoms with Crippen LogP contribution < -0.4 is 5.32 Å². The summed E-state index contributed by atoms with van der Waals surface area (Å²) in [5.41, 5.74) is -0.976. The maximum atomic E-state index is 13.5. The topological polar surface area (TPSA) is 55.2 Å². The van der Waals surface area contributed by atoms with Crippen molar-refractivity contribution < 1.29 is 13.7 Å². The lowest BCUT2D eigenvalue weighted by atomic mass is 10.2. The summed E-state index contributed by atoms with van der Waals surface area (Å²) in [7, 11) is 0. The molecule has 100 valence electrons. The maximum absolute atomic E-state index is 13.5. The highest BCUT2D eigenvalue weighted by molar-refractivity contribution is 7.10. The second-order valence-electron chi connectivity index (χ2n) is 3.62. The number of nitrogens with zero attached hydrogens (tertiary/aromatic N) is 1. The van der Waals surface area contributed by atoms with Gasteiger partial charge in [0, 0.05) is 22.9 Å². The van der Waals surface area contributed by atoms with Crippen molar-refractivity contribution in [3.05, 3.63) is 55.2 Å². The lowest BCUT2D eigenvalue weighted by Gasteiger charge is -2.07. The van der Waals surface area contributed by atoms with Crippen LogP contribution >= 0.6 is 22.9 Å². The van der Waals surface area contributed by atoms with Crippen molar-refractivity contribution >= 4 is 34.3 Å². The van der Waals surface area contributed by atoms with Crippen LogP contribution in [-0.2, 0) is 6.54 Å². The SMILES string of the molecule is O=[N+]([O-])c1cc(F)cc(F)c1NCc1cc(Cl)cs1. The highest BCUT2D eigenvalue weighted by Gasteiger charge is 2.20. The standard InChI is InChI=1S/C11H7ClF2N2O2S/c12-6-1-8(19-5-6)4-15-11-9(14)2-7(13)3-10(11)16(17)18/h1-3,5,15H,4H2. The minimum absolute atomic E-state index is 0.167. The Labute approximate surface area is 115 Å². The van der Waals surface area contributed by atoms with Gasteiger partial charge in [-0.15, -0.1) is 11.3 Å². The normalized spacial score (nSPS) is 10.5. The molecule has 0 aliphatic rings. The van der Waals surface area contributed by atoms with Gasteiger partial charge in [0.25, 0.3) is 5.69 Å². The first-order chi connectivity index (χ1) is 8.97. The van der Waals surface area contributed by atoms with Crippen LogP contribution in [0.2, 0.25) is 5.02 Å². The number of nitro groups is 1. The quantitative estimate of drug-likeness (QED) is 0.680. The Morgan fingerprint density at radius 1 is 1.37 bits per heavy atom. The smallest absolute Gasteiger partial charge is 0.298 e. The zero-order chi connectivity index (χ0) is 14.0. The van der Waals surface area contributed by atoms with E-state index in [0.29, 0.717) is 17.2 Å². The third-order valence-electron chi connectivity index (χ3n) is 2.29. The number of halogens is 3. The van der Waals surface area contributed by atoms with Gasteiger partial charge in [0.05, 0.1) is 16.0 Å². The number of nitro benzene ring substituents is 1. The van der Waals surface area contributed by atoms with E-state index in [0.717, 1.165) is 4.88 Å². The third-order valence-corrected chi connectivity index (χ3v) is 3.58. The molecule has 2 rings (SSSR count). The molecule has 0 amide bonds. The van der Waals surface area contributed by atoms with Gasteiger partial charge in [0.1, 0.15) is 11.5 Å². The molecule has 0 saturated carbocycles. The van der Waals surface area contributed by atoms with Gasteiger partial charge in [-0.25, -0.2) is 8.78 Å². The molecule has 0 saturated heterocycles. The first-order valence-electron chi connectivity index (χ1n) is 5.07. The molecule has 1 aromatic heterocycles. The highest BCUT2D eigenvalue weighted by Crippen LogP contribution is 2.30. The van der Waals surface area contributed by atoms with E-state index >= 15 is 0 Å². The van der Waals surface area contributed by atoms with Crippen molar-refractivity contribution in [3.8, 4) is 0 Å². The average molecular weight is 305 g/mol. The fourth-order valence-electron chi connectivity index (χ4n) is 1.50. The monoisotopic (exact) mass is 304 g/mol. The van der Waals surface area contributed by atoms with E-state index in [1.807, 2.05) is 0 Å². The van der Waals surface area contributed by atoms with Gasteiger partial charge in [-0.05, 0) is 6.07 Å². The fraction of sp³-hybridized carbons (Fsp3) is 0.0909. The lowest BCUT2D eigenvalue weighted by Crippen LogP contribution is -2.04. The van der Waals surface area contributed by atoms with Crippen LogP contribution in [0.25, 0.3) is 0 Å². The van der Waals surface area contributed by atoms with E-state index in [1.54, 1.807) is 11.4 Å². The minimum Gasteiger partial charge on any atom is -0.372 e. The summed E-state index contributed by atoms with van der Waals surface area (Å²) in [5, 5.41) is 15.6. The number of anilines is 1. The molecule has 0 radical (unpaired) electrons. The second kappa shape index (κ2) is 5.50. The molecule has 4 nitrogen and oxygen atoms in total. The summed E-state index contributed by atoms with van der Waals surface area (Å²) >= 11 is 7.06. The summed E-state index contributed by atoms with van der Waals surface area (Å²) in [4.78, 5) is 10.7. The van der Waals surface area contributed by atoms with Crippen molar-refractivity contribution in [1.29, 1.82) is 0 Å². The fourth-order valence-corrected chi connectivity index (χ4v) is 2.51. The van der Waals surface area contributed by atoms with Crippen molar-refractivity contribution in [2.75, 3.05) is 5.32 Å². The van der Waals surface area contributed by atoms with Crippen LogP contribution in [0.4, 0.5) is 20.2 Å². The minimum atomic E-state index is -1.01. The van der Waals surface area contributed by atoms with Crippen LogP contribution in [0.5, 0.6) is 0 Å². The molecule has 0 spiro atoms. The zero-order valence-corrected chi connectivity index (χ0v) is 10.9. The number of thiophene rings is 1. The average Bonchev–Trinajstić information content (AvgIpc) is 2.73. The van der Waals surface area contributed by atoms with Crippen molar-refractivity contribution in [1.82, 2.24) is 0 Å². The van der Waals surface area contributed by atoms with E-state index in [9.17, 15) is 18.9 Å². The number of hydrogen-bond acceptors (Lipinski definition) is 4. The first-order valence-corrected chi connectivity index (χ1v) is 6.33. The molecule has 1 N–H and O–H groups in total. The molecule has 0 fully saturated rings. The number of hydrogen-bond donors (Lipinski definition) is 1. The molecule has 1 heterocycles. The molecular weight excluding hydrogens is 298 g/mol. The van der Waals surface area contributed by atoms with Crippen LogP contribution in [0.15, 0.2) is 23.6 Å². The molecule has 0 unspecified atom stereocenters. The Balaban J connectivity index is 2.26. The third kappa shape index (κ3) is 3.18. The first kappa shape index (κ1) is 13.7. The van der Waals surface area contributed by atoms with Crippen LogP contribution in [-0.4, -0.2) is 4.92 Å². The van der Waals surface area contributed by atoms with Gasteiger partial charge in [-0.1, -0.05) is 11.6 Å². The van der Waals surface area contributed by atoms with E-state index in [2.05, 4.69) is 5.32 Å². The van der Waals surface area contributed by atoms with E-state index < -0.39 is 22.2 Å². The number of rotatable bonds is 4. The Kier molecular flexibility index (Phi) is 3.96. The van der Waals surface area contributed by atoms with Crippen molar-refractivity contribution in [2.24, 2.45) is 0 Å². The van der Waals surface area contributed by atoms with Crippen LogP contribution in [0.3, 0.4) is 0 Å². The summed E-state index contributed by atoms with van der Waals surface area (Å²) in [6, 6.07) is 2.93. The molecule has 8 heteroatoms. The predicted molar refractivity (Wildman–Crippen MR) is 69.7 cm³/mol. The molecular formula is C11H7ClF2N2O2S. The van der Waals surface area contributed by atoms with E-state index in [1.165, 1.54) is 11.3 Å². The predicted octanol–water partition coefficient (Wildman–Crippen LogP) is 4.20. The lowest BCUT2D eigenvalue weighted by molar-refractivity contribution is -0.384. The molecule has 0 aliphatic heterocycles. The Hall–Kier alpha value is -1.73. The van der Waals surface area contributed by atoms with Gasteiger partial charge in [0.15, 0.2) is 5.82 Å². The second-order valence-corrected chi connectivity index (χ2v) is 5.06. The largest absolute Gasteiger partial charge is 0.372 e. The number of nitrogens with one attached hydrogen (secondary N) is 1. The molecule has 19 heavy (non-hydrogen) atoms. The molecule has 1 aromatic carbocycles. The summed E-state index contributed by atoms with van der Waals surface area (Å²) < 4.78 is 26.5. The van der Waals surface area contributed by atoms with Gasteiger partial charge in [0.2, 0.25) is 0 Å². The van der Waals surface area contributed by atoms with Gasteiger partial charge in [-0.3, -0.25) is 10.1 Å². The molecule has 0 bridgehead atoms. The van der Waals surface area contributed by atoms with Gasteiger partial charge >= 0.3 is 0 Å². The Morgan fingerprint density at radius 2 is 2.11 bits per heavy atom. The van der Waals surface area contributed by atoms with Crippen LogP contribution in [0.1, 0.15) is 4.88 Å². The molecule has 0 aliphatic carbocycles. The van der Waals surface area contributed by atoms with E-state index in [-0.39, 0.29) is 12.2 Å². The molecule has 2 aromatic rings. The zero-order valence-electron chi connectivity index (χ0n) is 9.32. The summed E-state index contributed by atoms with van der Waals surface area (Å²) in [6.45, 7) is 0.167. The summed E-state index contributed by atoms with van der Waals surface area (Å²) in [5.74, 6) is -2.00. The van der Waals surface area contributed by atoms with Crippen LogP contribution in [0, 0.1) is 21.7 Å². The maximum Gasteiger partial charge on any atom is 0.298 e. The van der Waals surface area contributed by atoms with Gasteiger partial charge in [-0.2, -0.15) is 0 Å². The molecule has 0 atom stereocenters. The number of benzene rings is 1. The van der Waals surface area contributed by atoms with E-state index in [4.69, 9.17) is 11.6 Å². The van der Waals surface area contributed by atoms with Crippen molar-refractivity contribution in [2.45, 2.75) is 6.54 Å². The Morgan fingerprint density at radius 3 is 2.68 bits per heavy atom. The Bertz CT molecular complexity index is 633. The van der Waals surface area contributed by atoms with Gasteiger partial charge < -0.3 is 5.32 Å². The highest BCUT2D eigenvalue weighted by atomic mass is 35.5.